The lowest BCUT2D eigenvalue weighted by Gasteiger charge is -1.97. The van der Waals surface area contributed by atoms with E-state index < -0.39 is 0 Å². The molecular weight excluding hydrogens is 152 g/mol. The van der Waals surface area contributed by atoms with Gasteiger partial charge in [-0.2, -0.15) is 0 Å². The molecular formula is C10H16O2. The van der Waals surface area contributed by atoms with Crippen molar-refractivity contribution in [2.75, 3.05) is 0 Å². The van der Waals surface area contributed by atoms with E-state index in [9.17, 15) is 4.79 Å². The fraction of sp³-hybridized carbons (Fsp3) is 0.700. The van der Waals surface area contributed by atoms with Crippen molar-refractivity contribution < 1.29 is 9.53 Å². The Labute approximate surface area is 73.6 Å². The van der Waals surface area contributed by atoms with Crippen molar-refractivity contribution in [3.05, 3.63) is 11.6 Å². The largest absolute Gasteiger partial charge is 0.367 e. The molecule has 1 rings (SSSR count). The average Bonchev–Trinajstić information content (AvgIpc) is 2.56. The Morgan fingerprint density at radius 3 is 2.58 bits per heavy atom. The number of epoxide rings is 1. The molecule has 0 aromatic rings. The van der Waals surface area contributed by atoms with Crippen LogP contribution >= 0.6 is 0 Å². The van der Waals surface area contributed by atoms with Crippen LogP contribution in [0.3, 0.4) is 0 Å². The number of carbonyl (C=O) groups excluding carboxylic acids is 1. The van der Waals surface area contributed by atoms with Crippen molar-refractivity contribution in [3.63, 3.8) is 0 Å². The summed E-state index contributed by atoms with van der Waals surface area (Å²) in [5.41, 5.74) is 1.22. The fourth-order valence-electron chi connectivity index (χ4n) is 1.30. The molecule has 1 fully saturated rings. The Bertz CT molecular complexity index is 204. The minimum Gasteiger partial charge on any atom is -0.367 e. The fourth-order valence-corrected chi connectivity index (χ4v) is 1.30. The van der Waals surface area contributed by atoms with E-state index in [2.05, 4.69) is 13.8 Å². The first-order chi connectivity index (χ1) is 5.56. The number of allylic oxidation sites excluding steroid dienone is 2. The van der Waals surface area contributed by atoms with Gasteiger partial charge < -0.3 is 4.74 Å². The van der Waals surface area contributed by atoms with Gasteiger partial charge in [0.1, 0.15) is 6.29 Å². The molecule has 1 atom stereocenters. The summed E-state index contributed by atoms with van der Waals surface area (Å²) >= 11 is 0. The van der Waals surface area contributed by atoms with Crippen molar-refractivity contribution in [2.24, 2.45) is 0 Å². The number of hydrogen-bond acceptors (Lipinski definition) is 2. The smallest absolute Gasteiger partial charge is 0.142 e. The lowest BCUT2D eigenvalue weighted by atomic mass is 10.0. The molecule has 68 valence electrons. The average molecular weight is 168 g/mol. The lowest BCUT2D eigenvalue weighted by Crippen LogP contribution is -2.02. The van der Waals surface area contributed by atoms with E-state index >= 15 is 0 Å². The van der Waals surface area contributed by atoms with Crippen molar-refractivity contribution in [2.45, 2.75) is 45.3 Å². The molecule has 1 aliphatic rings. The maximum atomic E-state index is 10.1. The van der Waals surface area contributed by atoms with Crippen LogP contribution in [-0.4, -0.2) is 18.0 Å². The summed E-state index contributed by atoms with van der Waals surface area (Å²) < 4.78 is 5.42. The topological polar surface area (TPSA) is 29.6 Å². The van der Waals surface area contributed by atoms with Crippen LogP contribution in [-0.2, 0) is 9.53 Å². The molecule has 0 spiro atoms. The number of hydrogen-bond donors (Lipinski definition) is 0. The number of rotatable bonds is 4. The maximum absolute atomic E-state index is 10.1. The van der Waals surface area contributed by atoms with Crippen molar-refractivity contribution in [1.82, 2.24) is 0 Å². The summed E-state index contributed by atoms with van der Waals surface area (Å²) in [5.74, 6) is 0. The van der Waals surface area contributed by atoms with Crippen LogP contribution in [0.2, 0.25) is 0 Å². The van der Waals surface area contributed by atoms with Gasteiger partial charge in [0.05, 0.1) is 11.7 Å². The van der Waals surface area contributed by atoms with E-state index in [4.69, 9.17) is 4.74 Å². The van der Waals surface area contributed by atoms with Crippen LogP contribution in [0.5, 0.6) is 0 Å². The van der Waals surface area contributed by atoms with Crippen LogP contribution in [0, 0.1) is 0 Å². The van der Waals surface area contributed by atoms with Crippen LogP contribution < -0.4 is 0 Å². The van der Waals surface area contributed by atoms with Gasteiger partial charge in [-0.15, -0.1) is 0 Å². The van der Waals surface area contributed by atoms with E-state index in [0.717, 1.165) is 24.7 Å². The first kappa shape index (κ1) is 9.46. The molecule has 0 radical (unpaired) electrons. The molecule has 1 heterocycles. The SMILES string of the molecule is CC(=CC=O)CCC1OC1(C)C. The Balaban J connectivity index is 2.19. The Kier molecular flexibility index (Phi) is 2.68. The minimum absolute atomic E-state index is 0.0848. The molecule has 0 aromatic heterocycles. The highest BCUT2D eigenvalue weighted by molar-refractivity contribution is 5.65. The molecule has 0 aromatic carbocycles. The van der Waals surface area contributed by atoms with Crippen molar-refractivity contribution in [3.8, 4) is 0 Å². The Morgan fingerprint density at radius 1 is 1.58 bits per heavy atom. The minimum atomic E-state index is 0.0848. The second kappa shape index (κ2) is 3.40. The van der Waals surface area contributed by atoms with Gasteiger partial charge in [0.2, 0.25) is 0 Å². The van der Waals surface area contributed by atoms with E-state index in [1.165, 1.54) is 0 Å². The van der Waals surface area contributed by atoms with E-state index in [1.54, 1.807) is 6.08 Å². The van der Waals surface area contributed by atoms with Gasteiger partial charge in [0, 0.05) is 0 Å². The summed E-state index contributed by atoms with van der Waals surface area (Å²) in [7, 11) is 0. The molecule has 0 amide bonds. The van der Waals surface area contributed by atoms with Crippen LogP contribution in [0.15, 0.2) is 11.6 Å². The molecule has 0 aliphatic carbocycles. The molecule has 1 unspecified atom stereocenters. The monoisotopic (exact) mass is 168 g/mol. The third kappa shape index (κ3) is 2.45. The predicted octanol–water partition coefficient (Wildman–Crippen LogP) is 2.09. The number of aldehydes is 1. The highest BCUT2D eigenvalue weighted by Gasteiger charge is 2.46. The Hall–Kier alpha value is -0.630. The second-order valence-corrected chi connectivity index (χ2v) is 3.90. The van der Waals surface area contributed by atoms with Crippen molar-refractivity contribution in [1.29, 1.82) is 0 Å². The second-order valence-electron chi connectivity index (χ2n) is 3.90. The highest BCUT2D eigenvalue weighted by Crippen LogP contribution is 2.38. The highest BCUT2D eigenvalue weighted by atomic mass is 16.6. The van der Waals surface area contributed by atoms with Gasteiger partial charge in [-0.1, -0.05) is 5.57 Å². The van der Waals surface area contributed by atoms with E-state index in [-0.39, 0.29) is 5.60 Å². The van der Waals surface area contributed by atoms with Gasteiger partial charge in [0.15, 0.2) is 0 Å². The van der Waals surface area contributed by atoms with E-state index in [0.29, 0.717) is 6.10 Å². The normalized spacial score (nSPS) is 26.9. The van der Waals surface area contributed by atoms with Crippen molar-refractivity contribution >= 4 is 6.29 Å². The zero-order valence-corrected chi connectivity index (χ0v) is 7.96. The summed E-state index contributed by atoms with van der Waals surface area (Å²) in [6.07, 6.45) is 4.85. The van der Waals surface area contributed by atoms with Gasteiger partial charge in [-0.25, -0.2) is 0 Å². The van der Waals surface area contributed by atoms with Gasteiger partial charge in [-0.05, 0) is 39.7 Å². The maximum Gasteiger partial charge on any atom is 0.142 e. The molecule has 2 heteroatoms. The van der Waals surface area contributed by atoms with Crippen LogP contribution in [0.1, 0.15) is 33.6 Å². The molecule has 0 saturated carbocycles. The molecule has 1 aliphatic heterocycles. The number of ether oxygens (including phenoxy) is 1. The van der Waals surface area contributed by atoms with E-state index in [1.807, 2.05) is 6.92 Å². The molecule has 0 N–H and O–H groups in total. The zero-order valence-electron chi connectivity index (χ0n) is 7.96. The van der Waals surface area contributed by atoms with Gasteiger partial charge in [0.25, 0.3) is 0 Å². The lowest BCUT2D eigenvalue weighted by molar-refractivity contribution is -0.104. The standard InChI is InChI=1S/C10H16O2/c1-8(6-7-11)4-5-9-10(2,3)12-9/h6-7,9H,4-5H2,1-3H3. The quantitative estimate of drug-likeness (QED) is 0.365. The first-order valence-corrected chi connectivity index (χ1v) is 4.35. The summed E-state index contributed by atoms with van der Waals surface area (Å²) in [6.45, 7) is 6.16. The van der Waals surface area contributed by atoms with Gasteiger partial charge in [-0.3, -0.25) is 4.79 Å². The molecule has 2 nitrogen and oxygen atoms in total. The molecule has 1 saturated heterocycles. The molecule has 0 bridgehead atoms. The third-order valence-corrected chi connectivity index (χ3v) is 2.32. The predicted molar refractivity (Wildman–Crippen MR) is 48.0 cm³/mol. The van der Waals surface area contributed by atoms with Crippen LogP contribution in [0.25, 0.3) is 0 Å². The number of carbonyl (C=O) groups is 1. The summed E-state index contributed by atoms with van der Waals surface area (Å²) in [4.78, 5) is 10.1. The third-order valence-electron chi connectivity index (χ3n) is 2.32. The Morgan fingerprint density at radius 2 is 2.17 bits per heavy atom. The summed E-state index contributed by atoms with van der Waals surface area (Å²) in [5, 5.41) is 0. The molecule has 12 heavy (non-hydrogen) atoms. The zero-order chi connectivity index (χ0) is 9.19. The summed E-state index contributed by atoms with van der Waals surface area (Å²) in [6, 6.07) is 0. The van der Waals surface area contributed by atoms with Gasteiger partial charge >= 0.3 is 0 Å². The van der Waals surface area contributed by atoms with Crippen LogP contribution in [0.4, 0.5) is 0 Å². The first-order valence-electron chi connectivity index (χ1n) is 4.35.